The molecule has 2 amide bonds. The first-order valence-electron chi connectivity index (χ1n) is 9.46. The van der Waals surface area contributed by atoms with Crippen molar-refractivity contribution in [1.29, 1.82) is 0 Å². The average Bonchev–Trinajstić information content (AvgIpc) is 3.25. The number of likely N-dealkylation sites (tertiary alicyclic amines) is 1. The predicted octanol–water partition coefficient (Wildman–Crippen LogP) is 0.525. The van der Waals surface area contributed by atoms with Crippen LogP contribution < -0.4 is 0 Å². The van der Waals surface area contributed by atoms with Crippen molar-refractivity contribution < 1.29 is 9.59 Å². The summed E-state index contributed by atoms with van der Waals surface area (Å²) < 4.78 is 0. The van der Waals surface area contributed by atoms with Gasteiger partial charge in [0.2, 0.25) is 5.91 Å². The molecule has 7 heteroatoms. The van der Waals surface area contributed by atoms with Crippen LogP contribution in [-0.2, 0) is 17.6 Å². The van der Waals surface area contributed by atoms with Crippen molar-refractivity contribution in [2.75, 3.05) is 46.3 Å². The Bertz CT molecular complexity index is 662. The Labute approximate surface area is 148 Å². The molecule has 0 unspecified atom stereocenters. The van der Waals surface area contributed by atoms with E-state index in [9.17, 15) is 9.59 Å². The van der Waals surface area contributed by atoms with Gasteiger partial charge in [0.25, 0.3) is 5.91 Å². The van der Waals surface area contributed by atoms with E-state index < -0.39 is 0 Å². The van der Waals surface area contributed by atoms with E-state index in [0.717, 1.165) is 76.1 Å². The standard InChI is InChI=1S/C18H27N5O2/c1-21-8-10-22(11-9-21)17(24)13-4-3-7-23(12-13)18(25)16-14-5-2-6-15(14)19-20-16/h13H,2-12H2,1H3,(H,19,20)/t13-/m0/s1. The molecule has 0 bridgehead atoms. The van der Waals surface area contributed by atoms with Gasteiger partial charge in [0.1, 0.15) is 0 Å². The molecule has 1 aromatic heterocycles. The van der Waals surface area contributed by atoms with Crippen molar-refractivity contribution in [3.05, 3.63) is 17.0 Å². The summed E-state index contributed by atoms with van der Waals surface area (Å²) in [6.45, 7) is 4.72. The molecular formula is C18H27N5O2. The summed E-state index contributed by atoms with van der Waals surface area (Å²) in [4.78, 5) is 31.8. The topological polar surface area (TPSA) is 72.5 Å². The number of piperazine rings is 1. The van der Waals surface area contributed by atoms with Gasteiger partial charge in [-0.3, -0.25) is 14.7 Å². The number of fused-ring (bicyclic) bond motifs is 1. The molecule has 4 rings (SSSR count). The van der Waals surface area contributed by atoms with Crippen LogP contribution in [0.15, 0.2) is 0 Å². The van der Waals surface area contributed by atoms with E-state index in [-0.39, 0.29) is 17.7 Å². The molecule has 136 valence electrons. The summed E-state index contributed by atoms with van der Waals surface area (Å²) in [7, 11) is 2.09. The molecule has 1 atom stereocenters. The number of piperidine rings is 1. The minimum atomic E-state index is -0.0619. The van der Waals surface area contributed by atoms with Crippen LogP contribution in [0.2, 0.25) is 0 Å². The Kier molecular flexibility index (Phi) is 4.50. The first-order chi connectivity index (χ1) is 12.1. The zero-order chi connectivity index (χ0) is 17.4. The summed E-state index contributed by atoms with van der Waals surface area (Å²) in [6.07, 6.45) is 4.79. The van der Waals surface area contributed by atoms with E-state index in [4.69, 9.17) is 0 Å². The fourth-order valence-electron chi connectivity index (χ4n) is 4.29. The largest absolute Gasteiger partial charge is 0.340 e. The molecule has 0 saturated carbocycles. The van der Waals surface area contributed by atoms with Crippen molar-refractivity contribution in [2.45, 2.75) is 32.1 Å². The highest BCUT2D eigenvalue weighted by Gasteiger charge is 2.34. The summed E-state index contributed by atoms with van der Waals surface area (Å²) in [5.74, 6) is 0.154. The highest BCUT2D eigenvalue weighted by molar-refractivity contribution is 5.94. The molecule has 2 fully saturated rings. The third-order valence-corrected chi connectivity index (χ3v) is 5.88. The van der Waals surface area contributed by atoms with Crippen LogP contribution in [0.5, 0.6) is 0 Å². The molecule has 2 aliphatic heterocycles. The van der Waals surface area contributed by atoms with Gasteiger partial charge in [-0.25, -0.2) is 0 Å². The number of rotatable bonds is 2. The molecule has 2 saturated heterocycles. The molecule has 25 heavy (non-hydrogen) atoms. The minimum Gasteiger partial charge on any atom is -0.340 e. The number of aromatic nitrogens is 2. The van der Waals surface area contributed by atoms with Gasteiger partial charge in [-0.15, -0.1) is 0 Å². The average molecular weight is 345 g/mol. The third-order valence-electron chi connectivity index (χ3n) is 5.88. The molecule has 0 radical (unpaired) electrons. The third kappa shape index (κ3) is 3.17. The van der Waals surface area contributed by atoms with E-state index in [1.165, 1.54) is 0 Å². The number of H-pyrrole nitrogens is 1. The lowest BCUT2D eigenvalue weighted by molar-refractivity contribution is -0.138. The Balaban J connectivity index is 1.42. The maximum Gasteiger partial charge on any atom is 0.274 e. The lowest BCUT2D eigenvalue weighted by Gasteiger charge is -2.38. The van der Waals surface area contributed by atoms with Crippen LogP contribution in [0, 0.1) is 5.92 Å². The lowest BCUT2D eigenvalue weighted by Crippen LogP contribution is -2.52. The van der Waals surface area contributed by atoms with Gasteiger partial charge < -0.3 is 14.7 Å². The second-order valence-electron chi connectivity index (χ2n) is 7.60. The quantitative estimate of drug-likeness (QED) is 0.848. The number of nitrogens with one attached hydrogen (secondary N) is 1. The Morgan fingerprint density at radius 3 is 2.64 bits per heavy atom. The fourth-order valence-corrected chi connectivity index (χ4v) is 4.29. The Morgan fingerprint density at radius 2 is 1.84 bits per heavy atom. The normalized spacial score (nSPS) is 24.4. The molecule has 0 aromatic carbocycles. The van der Waals surface area contributed by atoms with E-state index >= 15 is 0 Å². The highest BCUT2D eigenvalue weighted by atomic mass is 16.2. The van der Waals surface area contributed by atoms with Crippen molar-refractivity contribution in [3.63, 3.8) is 0 Å². The van der Waals surface area contributed by atoms with Crippen LogP contribution >= 0.6 is 0 Å². The van der Waals surface area contributed by atoms with Crippen molar-refractivity contribution in [3.8, 4) is 0 Å². The molecule has 1 aromatic rings. The molecule has 3 aliphatic rings. The maximum atomic E-state index is 12.9. The maximum absolute atomic E-state index is 12.9. The summed E-state index contributed by atoms with van der Waals surface area (Å²) in [5, 5.41) is 7.28. The number of carbonyl (C=O) groups excluding carboxylic acids is 2. The zero-order valence-electron chi connectivity index (χ0n) is 15.0. The second-order valence-corrected chi connectivity index (χ2v) is 7.60. The number of amides is 2. The van der Waals surface area contributed by atoms with E-state index in [1.54, 1.807) is 0 Å². The second kappa shape index (κ2) is 6.78. The molecule has 0 spiro atoms. The van der Waals surface area contributed by atoms with Gasteiger partial charge >= 0.3 is 0 Å². The predicted molar refractivity (Wildman–Crippen MR) is 93.3 cm³/mol. The fraction of sp³-hybridized carbons (Fsp3) is 0.722. The number of likely N-dealkylation sites (N-methyl/N-ethyl adjacent to an activating group) is 1. The van der Waals surface area contributed by atoms with Crippen LogP contribution in [0.25, 0.3) is 0 Å². The number of hydrogen-bond donors (Lipinski definition) is 1. The highest BCUT2D eigenvalue weighted by Crippen LogP contribution is 2.26. The van der Waals surface area contributed by atoms with Crippen molar-refractivity contribution in [1.82, 2.24) is 24.9 Å². The van der Waals surface area contributed by atoms with E-state index in [2.05, 4.69) is 22.1 Å². The monoisotopic (exact) mass is 345 g/mol. The SMILES string of the molecule is CN1CCN(C(=O)[C@H]2CCCN(C(=O)c3n[nH]c4c3CCC4)C2)CC1. The molecule has 1 aliphatic carbocycles. The number of aromatic amines is 1. The number of aryl methyl sites for hydroxylation is 1. The van der Waals surface area contributed by atoms with Crippen molar-refractivity contribution in [2.24, 2.45) is 5.92 Å². The van der Waals surface area contributed by atoms with Crippen LogP contribution in [0.4, 0.5) is 0 Å². The van der Waals surface area contributed by atoms with Crippen LogP contribution in [0.1, 0.15) is 41.0 Å². The van der Waals surface area contributed by atoms with Gasteiger partial charge in [-0.1, -0.05) is 0 Å². The van der Waals surface area contributed by atoms with Gasteiger partial charge in [-0.05, 0) is 39.2 Å². The lowest BCUT2D eigenvalue weighted by atomic mass is 9.95. The summed E-state index contributed by atoms with van der Waals surface area (Å²) in [6, 6.07) is 0. The smallest absolute Gasteiger partial charge is 0.274 e. The summed E-state index contributed by atoms with van der Waals surface area (Å²) in [5.41, 5.74) is 2.79. The molecular weight excluding hydrogens is 318 g/mol. The zero-order valence-corrected chi connectivity index (χ0v) is 15.0. The van der Waals surface area contributed by atoms with Crippen molar-refractivity contribution >= 4 is 11.8 Å². The van der Waals surface area contributed by atoms with Gasteiger partial charge in [0.15, 0.2) is 5.69 Å². The van der Waals surface area contributed by atoms with E-state index in [1.807, 2.05) is 9.80 Å². The van der Waals surface area contributed by atoms with Crippen LogP contribution in [-0.4, -0.2) is 83.0 Å². The van der Waals surface area contributed by atoms with Gasteiger partial charge in [-0.2, -0.15) is 5.10 Å². The first kappa shape index (κ1) is 16.6. The molecule has 1 N–H and O–H groups in total. The van der Waals surface area contributed by atoms with E-state index in [0.29, 0.717) is 12.2 Å². The number of carbonyl (C=O) groups is 2. The number of hydrogen-bond acceptors (Lipinski definition) is 4. The molecule has 7 nitrogen and oxygen atoms in total. The summed E-state index contributed by atoms with van der Waals surface area (Å²) >= 11 is 0. The number of nitrogens with zero attached hydrogens (tertiary/aromatic N) is 4. The van der Waals surface area contributed by atoms with Gasteiger partial charge in [0, 0.05) is 50.5 Å². The van der Waals surface area contributed by atoms with Crippen LogP contribution in [0.3, 0.4) is 0 Å². The Hall–Kier alpha value is -1.89. The first-order valence-corrected chi connectivity index (χ1v) is 9.46. The molecule has 3 heterocycles. The van der Waals surface area contributed by atoms with Gasteiger partial charge in [0.05, 0.1) is 5.92 Å². The minimum absolute atomic E-state index is 0.00437. The Morgan fingerprint density at radius 1 is 1.04 bits per heavy atom.